The van der Waals surface area contributed by atoms with Crippen LogP contribution >= 0.6 is 0 Å². The molecule has 0 amide bonds. The zero-order valence-corrected chi connectivity index (χ0v) is 17.5. The summed E-state index contributed by atoms with van der Waals surface area (Å²) < 4.78 is 5.89. The summed E-state index contributed by atoms with van der Waals surface area (Å²) in [6, 6.07) is 0. The van der Waals surface area contributed by atoms with Gasteiger partial charge in [0, 0.05) is 25.7 Å². The number of likely N-dealkylation sites (tertiary alicyclic amines) is 1. The monoisotopic (exact) mass is 339 g/mol. The van der Waals surface area contributed by atoms with Crippen molar-refractivity contribution in [3.05, 3.63) is 0 Å². The smallest absolute Gasteiger partial charge is 0.0700 e. The lowest BCUT2D eigenvalue weighted by Gasteiger charge is -2.49. The summed E-state index contributed by atoms with van der Waals surface area (Å²) in [6.45, 7) is 11.9. The van der Waals surface area contributed by atoms with Gasteiger partial charge in [-0.15, -0.1) is 0 Å². The Bertz CT molecular complexity index is 289. The van der Waals surface area contributed by atoms with Crippen LogP contribution in [0.25, 0.3) is 0 Å². The van der Waals surface area contributed by atoms with E-state index >= 15 is 0 Å². The summed E-state index contributed by atoms with van der Waals surface area (Å²) in [4.78, 5) is 2.82. The first-order valence-corrected chi connectivity index (χ1v) is 10.9. The van der Waals surface area contributed by atoms with E-state index in [1.165, 1.54) is 90.1 Å². The molecule has 1 rings (SSSR count). The third-order valence-corrected chi connectivity index (χ3v) is 6.65. The molecular weight excluding hydrogens is 294 g/mol. The fraction of sp³-hybridized carbons (Fsp3) is 1.00. The number of hydrogen-bond donors (Lipinski definition) is 0. The molecule has 0 aromatic rings. The molecule has 0 aromatic carbocycles. The average Bonchev–Trinajstić information content (AvgIpc) is 2.62. The van der Waals surface area contributed by atoms with Crippen LogP contribution in [0.3, 0.4) is 0 Å². The lowest BCUT2D eigenvalue weighted by Crippen LogP contribution is -2.54. The van der Waals surface area contributed by atoms with Gasteiger partial charge < -0.3 is 4.74 Å². The Labute approximate surface area is 152 Å². The van der Waals surface area contributed by atoms with E-state index in [9.17, 15) is 0 Å². The Morgan fingerprint density at radius 1 is 0.833 bits per heavy atom. The standard InChI is InChI=1S/C22H45NO/c1-6-9-11-13-15-21(4,16-14-12-10-7-2)23-19-17-22(8-3,24-5)18-20-23/h6-20H2,1-5H3. The van der Waals surface area contributed by atoms with Crippen LogP contribution in [0.1, 0.15) is 111 Å². The normalized spacial score (nSPS) is 18.9. The first-order chi connectivity index (χ1) is 11.6. The SMILES string of the molecule is CCCCCCC(C)(CCCCCC)N1CCC(CC)(OC)CC1. The van der Waals surface area contributed by atoms with Crippen molar-refractivity contribution in [1.82, 2.24) is 4.90 Å². The van der Waals surface area contributed by atoms with E-state index in [1.807, 2.05) is 7.11 Å². The fourth-order valence-electron chi connectivity index (χ4n) is 4.46. The molecule has 1 saturated heterocycles. The highest BCUT2D eigenvalue weighted by atomic mass is 16.5. The number of unbranched alkanes of at least 4 members (excludes halogenated alkanes) is 6. The number of nitrogens with zero attached hydrogens (tertiary/aromatic N) is 1. The zero-order valence-electron chi connectivity index (χ0n) is 17.5. The molecule has 0 spiro atoms. The Morgan fingerprint density at radius 2 is 1.33 bits per heavy atom. The lowest BCUT2D eigenvalue weighted by atomic mass is 9.81. The number of ether oxygens (including phenoxy) is 1. The van der Waals surface area contributed by atoms with Crippen molar-refractivity contribution in [3.8, 4) is 0 Å². The lowest BCUT2D eigenvalue weighted by molar-refractivity contribution is -0.0805. The molecule has 2 heteroatoms. The molecule has 0 N–H and O–H groups in total. The first kappa shape index (κ1) is 22.0. The molecule has 144 valence electrons. The molecule has 0 saturated carbocycles. The molecule has 1 aliphatic heterocycles. The highest BCUT2D eigenvalue weighted by Gasteiger charge is 2.39. The average molecular weight is 340 g/mol. The van der Waals surface area contributed by atoms with E-state index in [0.29, 0.717) is 5.54 Å². The van der Waals surface area contributed by atoms with Gasteiger partial charge in [-0.3, -0.25) is 4.90 Å². The minimum Gasteiger partial charge on any atom is -0.378 e. The quantitative estimate of drug-likeness (QED) is 0.351. The first-order valence-electron chi connectivity index (χ1n) is 10.9. The number of piperidine rings is 1. The van der Waals surface area contributed by atoms with Crippen molar-refractivity contribution in [2.24, 2.45) is 0 Å². The molecule has 1 fully saturated rings. The van der Waals surface area contributed by atoms with E-state index in [2.05, 4.69) is 32.6 Å². The third kappa shape index (κ3) is 6.67. The highest BCUT2D eigenvalue weighted by Crippen LogP contribution is 2.36. The summed E-state index contributed by atoms with van der Waals surface area (Å²) in [5, 5.41) is 0. The summed E-state index contributed by atoms with van der Waals surface area (Å²) in [6.07, 6.45) is 17.4. The van der Waals surface area contributed by atoms with Gasteiger partial charge in [0.05, 0.1) is 5.60 Å². The van der Waals surface area contributed by atoms with Gasteiger partial charge in [0.2, 0.25) is 0 Å². The molecule has 2 nitrogen and oxygen atoms in total. The van der Waals surface area contributed by atoms with Gasteiger partial charge in [-0.1, -0.05) is 72.1 Å². The van der Waals surface area contributed by atoms with Crippen LogP contribution in [0.4, 0.5) is 0 Å². The van der Waals surface area contributed by atoms with E-state index < -0.39 is 0 Å². The number of hydrogen-bond acceptors (Lipinski definition) is 2. The van der Waals surface area contributed by atoms with Crippen molar-refractivity contribution in [2.75, 3.05) is 20.2 Å². The molecule has 1 heterocycles. The summed E-state index contributed by atoms with van der Waals surface area (Å²) in [5.74, 6) is 0. The van der Waals surface area contributed by atoms with Gasteiger partial charge in [-0.25, -0.2) is 0 Å². The molecular formula is C22H45NO. The van der Waals surface area contributed by atoms with Crippen LogP contribution in [-0.2, 0) is 4.74 Å². The van der Waals surface area contributed by atoms with E-state index in [-0.39, 0.29) is 5.60 Å². The molecule has 24 heavy (non-hydrogen) atoms. The minimum atomic E-state index is 0.155. The summed E-state index contributed by atoms with van der Waals surface area (Å²) in [5.41, 5.74) is 0.566. The fourth-order valence-corrected chi connectivity index (χ4v) is 4.46. The summed E-state index contributed by atoms with van der Waals surface area (Å²) in [7, 11) is 1.91. The predicted molar refractivity (Wildman–Crippen MR) is 107 cm³/mol. The van der Waals surface area contributed by atoms with Gasteiger partial charge in [0.1, 0.15) is 0 Å². The van der Waals surface area contributed by atoms with Crippen LogP contribution in [0.2, 0.25) is 0 Å². The van der Waals surface area contributed by atoms with Crippen LogP contribution in [0, 0.1) is 0 Å². The minimum absolute atomic E-state index is 0.155. The number of rotatable bonds is 13. The Morgan fingerprint density at radius 3 is 1.71 bits per heavy atom. The van der Waals surface area contributed by atoms with Crippen LogP contribution < -0.4 is 0 Å². The molecule has 0 atom stereocenters. The van der Waals surface area contributed by atoms with Crippen LogP contribution in [0.15, 0.2) is 0 Å². The van der Waals surface area contributed by atoms with Crippen molar-refractivity contribution >= 4 is 0 Å². The Hall–Kier alpha value is -0.0800. The largest absolute Gasteiger partial charge is 0.378 e. The summed E-state index contributed by atoms with van der Waals surface area (Å²) >= 11 is 0. The molecule has 0 unspecified atom stereocenters. The van der Waals surface area contributed by atoms with Crippen LogP contribution in [-0.4, -0.2) is 36.2 Å². The van der Waals surface area contributed by atoms with E-state index in [1.54, 1.807) is 0 Å². The second-order valence-corrected chi connectivity index (χ2v) is 8.35. The van der Waals surface area contributed by atoms with Gasteiger partial charge in [-0.05, 0) is 39.0 Å². The molecule has 1 aliphatic rings. The van der Waals surface area contributed by atoms with Gasteiger partial charge in [-0.2, -0.15) is 0 Å². The predicted octanol–water partition coefficient (Wildman–Crippen LogP) is 6.58. The van der Waals surface area contributed by atoms with Gasteiger partial charge in [0.25, 0.3) is 0 Å². The zero-order chi connectivity index (χ0) is 17.9. The Kier molecular flexibility index (Phi) is 10.5. The van der Waals surface area contributed by atoms with Crippen molar-refractivity contribution < 1.29 is 4.74 Å². The van der Waals surface area contributed by atoms with Gasteiger partial charge in [0.15, 0.2) is 0 Å². The van der Waals surface area contributed by atoms with E-state index in [0.717, 1.165) is 6.42 Å². The molecule has 0 radical (unpaired) electrons. The van der Waals surface area contributed by atoms with Crippen molar-refractivity contribution in [3.63, 3.8) is 0 Å². The highest BCUT2D eigenvalue weighted by molar-refractivity contribution is 4.94. The maximum absolute atomic E-state index is 5.89. The number of methoxy groups -OCH3 is 1. The Balaban J connectivity index is 2.59. The van der Waals surface area contributed by atoms with Crippen molar-refractivity contribution in [1.29, 1.82) is 0 Å². The third-order valence-electron chi connectivity index (χ3n) is 6.65. The second kappa shape index (κ2) is 11.5. The second-order valence-electron chi connectivity index (χ2n) is 8.35. The molecule has 0 bridgehead atoms. The van der Waals surface area contributed by atoms with Crippen LogP contribution in [0.5, 0.6) is 0 Å². The maximum Gasteiger partial charge on any atom is 0.0700 e. The molecule has 0 aliphatic carbocycles. The topological polar surface area (TPSA) is 12.5 Å². The van der Waals surface area contributed by atoms with Crippen molar-refractivity contribution in [2.45, 2.75) is 122 Å². The maximum atomic E-state index is 5.89. The van der Waals surface area contributed by atoms with Gasteiger partial charge >= 0.3 is 0 Å². The van der Waals surface area contributed by atoms with E-state index in [4.69, 9.17) is 4.74 Å². The molecule has 0 aromatic heterocycles.